The zero-order valence-corrected chi connectivity index (χ0v) is 15.2. The quantitative estimate of drug-likeness (QED) is 0.741. The zero-order chi connectivity index (χ0) is 18.8. The molecule has 2 aromatic rings. The summed E-state index contributed by atoms with van der Waals surface area (Å²) in [5.41, 5.74) is -0.214. The first-order chi connectivity index (χ1) is 12.4. The van der Waals surface area contributed by atoms with Crippen LogP contribution in [0.15, 0.2) is 64.0 Å². The number of carbonyl (C=O) groups is 3. The van der Waals surface area contributed by atoms with E-state index in [-0.39, 0.29) is 16.4 Å². The molecule has 3 rings (SSSR count). The third-order valence-electron chi connectivity index (χ3n) is 3.38. The number of carbonyl (C=O) groups excluding carboxylic acids is 2. The van der Waals surface area contributed by atoms with E-state index in [0.29, 0.717) is 9.92 Å². The van der Waals surface area contributed by atoms with Crippen molar-refractivity contribution in [3.05, 3.63) is 64.3 Å². The van der Waals surface area contributed by atoms with Crippen LogP contribution in [-0.2, 0) is 9.59 Å². The fourth-order valence-electron chi connectivity index (χ4n) is 2.29. The second-order valence-electron chi connectivity index (χ2n) is 5.12. The molecule has 0 aliphatic carbocycles. The van der Waals surface area contributed by atoms with Gasteiger partial charge in [-0.15, -0.1) is 0 Å². The summed E-state index contributed by atoms with van der Waals surface area (Å²) in [6.07, 6.45) is -0.535. The number of halogens is 2. The van der Waals surface area contributed by atoms with Gasteiger partial charge in [-0.25, -0.2) is 9.69 Å². The van der Waals surface area contributed by atoms with E-state index in [1.54, 1.807) is 0 Å². The van der Waals surface area contributed by atoms with Gasteiger partial charge in [-0.2, -0.15) is 0 Å². The maximum atomic E-state index is 12.4. The molecule has 0 saturated heterocycles. The average Bonchev–Trinajstić information content (AvgIpc) is 2.84. The Hall–Kier alpha value is -2.48. The minimum Gasteiger partial charge on any atom is -0.465 e. The number of nitrogens with zero attached hydrogens (tertiary/aromatic N) is 1. The van der Waals surface area contributed by atoms with Crippen molar-refractivity contribution in [3.63, 3.8) is 0 Å². The number of amides is 3. The van der Waals surface area contributed by atoms with Crippen LogP contribution in [0.25, 0.3) is 0 Å². The molecule has 0 spiro atoms. The number of anilines is 1. The molecule has 1 aliphatic rings. The molecule has 1 aliphatic heterocycles. The number of hydrogen-bond acceptors (Lipinski definition) is 4. The van der Waals surface area contributed by atoms with Gasteiger partial charge in [-0.1, -0.05) is 53.2 Å². The van der Waals surface area contributed by atoms with Crippen LogP contribution >= 0.6 is 35.0 Å². The largest absolute Gasteiger partial charge is 0.465 e. The molecular formula is C17H10Cl2N2O4S. The monoisotopic (exact) mass is 408 g/mol. The first-order valence-electron chi connectivity index (χ1n) is 7.19. The summed E-state index contributed by atoms with van der Waals surface area (Å²) in [5, 5.41) is 11.1. The molecule has 0 fully saturated rings. The Labute approximate surface area is 162 Å². The highest BCUT2D eigenvalue weighted by Crippen LogP contribution is 2.40. The lowest BCUT2D eigenvalue weighted by Gasteiger charge is -2.18. The Bertz CT molecular complexity index is 947. The van der Waals surface area contributed by atoms with Gasteiger partial charge in [0.1, 0.15) is 5.70 Å². The molecular weight excluding hydrogens is 399 g/mol. The van der Waals surface area contributed by atoms with Crippen molar-refractivity contribution in [2.45, 2.75) is 9.79 Å². The van der Waals surface area contributed by atoms with Crippen molar-refractivity contribution in [2.75, 3.05) is 4.90 Å². The topological polar surface area (TPSA) is 86.7 Å². The minimum atomic E-state index is -1.44. The fourth-order valence-corrected chi connectivity index (χ4v) is 3.74. The molecule has 0 bridgehead atoms. The second kappa shape index (κ2) is 7.41. The van der Waals surface area contributed by atoms with Crippen LogP contribution in [0.4, 0.5) is 10.5 Å². The third kappa shape index (κ3) is 3.70. The number of carboxylic acid groups (broad SMARTS) is 1. The molecule has 0 unspecified atom stereocenters. The van der Waals surface area contributed by atoms with Gasteiger partial charge in [0.2, 0.25) is 0 Å². The minimum absolute atomic E-state index is 0.0964. The molecule has 3 amide bonds. The fraction of sp³-hybridized carbons (Fsp3) is 0. The van der Waals surface area contributed by atoms with Crippen molar-refractivity contribution in [1.29, 1.82) is 0 Å². The molecule has 0 atom stereocenters. The zero-order valence-electron chi connectivity index (χ0n) is 12.9. The van der Waals surface area contributed by atoms with Gasteiger partial charge in [-0.3, -0.25) is 14.9 Å². The summed E-state index contributed by atoms with van der Waals surface area (Å²) in [7, 11) is 0. The van der Waals surface area contributed by atoms with Crippen molar-refractivity contribution in [2.24, 2.45) is 0 Å². The first kappa shape index (κ1) is 18.3. The number of benzene rings is 2. The molecule has 0 aromatic heterocycles. The lowest BCUT2D eigenvalue weighted by atomic mass is 10.3. The van der Waals surface area contributed by atoms with E-state index in [9.17, 15) is 14.4 Å². The molecule has 2 aromatic carbocycles. The van der Waals surface area contributed by atoms with Gasteiger partial charge in [0.25, 0.3) is 11.8 Å². The predicted molar refractivity (Wildman–Crippen MR) is 98.8 cm³/mol. The van der Waals surface area contributed by atoms with Gasteiger partial charge in [0, 0.05) is 15.9 Å². The summed E-state index contributed by atoms with van der Waals surface area (Å²) in [4.78, 5) is 37.6. The Balaban J connectivity index is 1.96. The third-order valence-corrected chi connectivity index (χ3v) is 5.17. The van der Waals surface area contributed by atoms with Gasteiger partial charge in [0.15, 0.2) is 0 Å². The van der Waals surface area contributed by atoms with Crippen molar-refractivity contribution in [3.8, 4) is 0 Å². The van der Waals surface area contributed by atoms with Gasteiger partial charge in [-0.05, 0) is 24.3 Å². The molecule has 1 heterocycles. The Kier molecular flexibility index (Phi) is 5.22. The normalized spacial score (nSPS) is 13.8. The van der Waals surface area contributed by atoms with Crippen LogP contribution in [0.2, 0.25) is 10.0 Å². The molecule has 0 radical (unpaired) electrons. The second-order valence-corrected chi connectivity index (χ2v) is 7.05. The lowest BCUT2D eigenvalue weighted by Crippen LogP contribution is -2.34. The molecule has 2 N–H and O–H groups in total. The van der Waals surface area contributed by atoms with Gasteiger partial charge < -0.3 is 5.11 Å². The van der Waals surface area contributed by atoms with E-state index in [1.807, 2.05) is 35.6 Å². The summed E-state index contributed by atoms with van der Waals surface area (Å²) < 4.78 is 0. The highest BCUT2D eigenvalue weighted by Gasteiger charge is 2.35. The standard InChI is InChI=1S/C17H10Cl2N2O4S/c18-10-6-11(19)14(26-9-4-2-1-3-5-9)8-13(10)21-15(22)7-12(16(21)23)20-17(24)25/h1-8,20H,(H,24,25). The smallest absolute Gasteiger partial charge is 0.409 e. The first-order valence-corrected chi connectivity index (χ1v) is 8.76. The number of hydrogen-bond donors (Lipinski definition) is 2. The molecule has 6 nitrogen and oxygen atoms in total. The van der Waals surface area contributed by atoms with Crippen LogP contribution in [0, 0.1) is 0 Å². The van der Waals surface area contributed by atoms with Crippen LogP contribution in [0.1, 0.15) is 0 Å². The van der Waals surface area contributed by atoms with Crippen LogP contribution in [0.3, 0.4) is 0 Å². The summed E-state index contributed by atoms with van der Waals surface area (Å²) in [6.45, 7) is 0. The molecule has 0 saturated carbocycles. The Morgan fingerprint density at radius 1 is 1.08 bits per heavy atom. The number of rotatable bonds is 4. The van der Waals surface area contributed by atoms with E-state index in [2.05, 4.69) is 0 Å². The number of nitrogens with one attached hydrogen (secondary N) is 1. The number of imide groups is 1. The van der Waals surface area contributed by atoms with Gasteiger partial charge >= 0.3 is 6.09 Å². The summed E-state index contributed by atoms with van der Waals surface area (Å²) in [6, 6.07) is 12.4. The van der Waals surface area contributed by atoms with E-state index in [1.165, 1.54) is 23.9 Å². The Morgan fingerprint density at radius 2 is 1.77 bits per heavy atom. The maximum Gasteiger partial charge on any atom is 0.409 e. The van der Waals surface area contributed by atoms with Crippen LogP contribution in [-0.4, -0.2) is 23.0 Å². The highest BCUT2D eigenvalue weighted by atomic mass is 35.5. The lowest BCUT2D eigenvalue weighted by molar-refractivity contribution is -0.120. The van der Waals surface area contributed by atoms with E-state index in [0.717, 1.165) is 15.9 Å². The SMILES string of the molecule is O=C(O)NC1=CC(=O)N(c2cc(Sc3ccccc3)c(Cl)cc2Cl)C1=O. The van der Waals surface area contributed by atoms with Crippen LogP contribution < -0.4 is 10.2 Å². The molecule has 26 heavy (non-hydrogen) atoms. The van der Waals surface area contributed by atoms with E-state index < -0.39 is 17.9 Å². The van der Waals surface area contributed by atoms with Crippen molar-refractivity contribution in [1.82, 2.24) is 5.32 Å². The maximum absolute atomic E-state index is 12.4. The predicted octanol–water partition coefficient (Wildman–Crippen LogP) is 4.17. The van der Waals surface area contributed by atoms with Crippen molar-refractivity contribution < 1.29 is 19.5 Å². The van der Waals surface area contributed by atoms with E-state index >= 15 is 0 Å². The van der Waals surface area contributed by atoms with Crippen LogP contribution in [0.5, 0.6) is 0 Å². The molecule has 132 valence electrons. The van der Waals surface area contributed by atoms with Crippen molar-refractivity contribution >= 4 is 58.6 Å². The summed E-state index contributed by atoms with van der Waals surface area (Å²) in [5.74, 6) is -1.50. The Morgan fingerprint density at radius 3 is 2.42 bits per heavy atom. The van der Waals surface area contributed by atoms with Gasteiger partial charge in [0.05, 0.1) is 15.7 Å². The van der Waals surface area contributed by atoms with E-state index in [4.69, 9.17) is 28.3 Å². The molecule has 9 heteroatoms. The average molecular weight is 409 g/mol. The summed E-state index contributed by atoms with van der Waals surface area (Å²) >= 11 is 13.7. The highest BCUT2D eigenvalue weighted by molar-refractivity contribution is 7.99.